The summed E-state index contributed by atoms with van der Waals surface area (Å²) in [5.74, 6) is -2.35. The minimum atomic E-state index is -2.35. The molecule has 0 spiro atoms. The van der Waals surface area contributed by atoms with E-state index in [9.17, 15) is 8.78 Å². The van der Waals surface area contributed by atoms with Gasteiger partial charge in [0.1, 0.15) is 0 Å². The standard InChI is InChI=1S/C12H17F2NS/c1-3-9(4-2)15-10-5-7-11(8-6-10)16-12(13)14/h5-9,12,15H,3-4H2,1-2H3. The van der Waals surface area contributed by atoms with E-state index in [1.54, 1.807) is 12.1 Å². The average Bonchev–Trinajstić information content (AvgIpc) is 2.27. The molecule has 0 heterocycles. The highest BCUT2D eigenvalue weighted by atomic mass is 32.2. The first-order valence-corrected chi connectivity index (χ1v) is 6.35. The molecule has 4 heteroatoms. The largest absolute Gasteiger partial charge is 0.382 e. The Morgan fingerprint density at radius 2 is 1.69 bits per heavy atom. The van der Waals surface area contributed by atoms with Crippen LogP contribution < -0.4 is 5.32 Å². The molecule has 0 bridgehead atoms. The molecule has 90 valence electrons. The second kappa shape index (κ2) is 6.74. The van der Waals surface area contributed by atoms with E-state index in [0.717, 1.165) is 18.5 Å². The molecule has 0 aliphatic carbocycles. The number of thioether (sulfide) groups is 1. The summed E-state index contributed by atoms with van der Waals surface area (Å²) in [6.45, 7) is 4.25. The number of rotatable bonds is 6. The van der Waals surface area contributed by atoms with Gasteiger partial charge < -0.3 is 5.32 Å². The van der Waals surface area contributed by atoms with Gasteiger partial charge in [-0.05, 0) is 37.1 Å². The molecular formula is C12H17F2NS. The molecule has 1 rings (SSSR count). The summed E-state index contributed by atoms with van der Waals surface area (Å²) in [6, 6.07) is 7.60. The molecule has 0 amide bonds. The molecule has 0 aromatic heterocycles. The summed E-state index contributed by atoms with van der Waals surface area (Å²) >= 11 is 0.576. The van der Waals surface area contributed by atoms with Gasteiger partial charge in [-0.15, -0.1) is 0 Å². The topological polar surface area (TPSA) is 12.0 Å². The predicted octanol–water partition coefficient (Wildman–Crippen LogP) is 4.60. The monoisotopic (exact) mass is 245 g/mol. The summed E-state index contributed by atoms with van der Waals surface area (Å²) in [7, 11) is 0. The summed E-state index contributed by atoms with van der Waals surface area (Å²) in [6.07, 6.45) is 2.12. The minimum absolute atomic E-state index is 0.452. The quantitative estimate of drug-likeness (QED) is 0.735. The Kier molecular flexibility index (Phi) is 5.60. The van der Waals surface area contributed by atoms with Crippen LogP contribution in [0.4, 0.5) is 14.5 Å². The maximum atomic E-state index is 12.1. The van der Waals surface area contributed by atoms with Crippen molar-refractivity contribution >= 4 is 17.4 Å². The number of hydrogen-bond donors (Lipinski definition) is 1. The first kappa shape index (κ1) is 13.3. The van der Waals surface area contributed by atoms with E-state index < -0.39 is 5.76 Å². The normalized spacial score (nSPS) is 11.1. The van der Waals surface area contributed by atoms with Crippen molar-refractivity contribution in [3.05, 3.63) is 24.3 Å². The van der Waals surface area contributed by atoms with Gasteiger partial charge in [0.2, 0.25) is 0 Å². The van der Waals surface area contributed by atoms with E-state index in [1.165, 1.54) is 0 Å². The SMILES string of the molecule is CCC(CC)Nc1ccc(SC(F)F)cc1. The van der Waals surface area contributed by atoms with Crippen LogP contribution in [0.1, 0.15) is 26.7 Å². The fraction of sp³-hybridized carbons (Fsp3) is 0.500. The maximum Gasteiger partial charge on any atom is 0.288 e. The Hall–Kier alpha value is -0.770. The van der Waals surface area contributed by atoms with Crippen LogP contribution in [0, 0.1) is 0 Å². The lowest BCUT2D eigenvalue weighted by molar-refractivity contribution is 0.252. The molecule has 0 aliphatic heterocycles. The van der Waals surface area contributed by atoms with Crippen LogP contribution in [0.2, 0.25) is 0 Å². The average molecular weight is 245 g/mol. The molecule has 0 unspecified atom stereocenters. The third kappa shape index (κ3) is 4.39. The van der Waals surface area contributed by atoms with Crippen molar-refractivity contribution < 1.29 is 8.78 Å². The van der Waals surface area contributed by atoms with Gasteiger partial charge in [-0.25, -0.2) is 0 Å². The maximum absolute atomic E-state index is 12.1. The number of anilines is 1. The van der Waals surface area contributed by atoms with Crippen molar-refractivity contribution in [3.8, 4) is 0 Å². The van der Waals surface area contributed by atoms with Crippen LogP contribution in [0.3, 0.4) is 0 Å². The van der Waals surface area contributed by atoms with Crippen LogP contribution in [-0.4, -0.2) is 11.8 Å². The first-order valence-electron chi connectivity index (χ1n) is 5.47. The number of benzene rings is 1. The van der Waals surface area contributed by atoms with Crippen molar-refractivity contribution in [2.45, 2.75) is 43.4 Å². The van der Waals surface area contributed by atoms with Crippen molar-refractivity contribution in [3.63, 3.8) is 0 Å². The third-order valence-electron chi connectivity index (χ3n) is 2.44. The molecule has 0 saturated heterocycles. The Labute approximate surface area is 99.6 Å². The van der Waals surface area contributed by atoms with Crippen LogP contribution >= 0.6 is 11.8 Å². The Balaban J connectivity index is 2.57. The zero-order chi connectivity index (χ0) is 12.0. The van der Waals surface area contributed by atoms with Gasteiger partial charge in [0.05, 0.1) is 0 Å². The van der Waals surface area contributed by atoms with Crippen molar-refractivity contribution in [2.75, 3.05) is 5.32 Å². The highest BCUT2D eigenvalue weighted by molar-refractivity contribution is 7.99. The van der Waals surface area contributed by atoms with Crippen molar-refractivity contribution in [2.24, 2.45) is 0 Å². The predicted molar refractivity (Wildman–Crippen MR) is 66.3 cm³/mol. The highest BCUT2D eigenvalue weighted by Gasteiger charge is 2.06. The van der Waals surface area contributed by atoms with E-state index in [-0.39, 0.29) is 0 Å². The molecule has 1 N–H and O–H groups in total. The van der Waals surface area contributed by atoms with E-state index in [4.69, 9.17) is 0 Å². The smallest absolute Gasteiger partial charge is 0.288 e. The number of hydrogen-bond acceptors (Lipinski definition) is 2. The fourth-order valence-electron chi connectivity index (χ4n) is 1.46. The number of alkyl halides is 2. The fourth-order valence-corrected chi connectivity index (χ4v) is 1.96. The molecule has 1 nitrogen and oxygen atoms in total. The molecule has 0 atom stereocenters. The molecule has 0 radical (unpaired) electrons. The van der Waals surface area contributed by atoms with Gasteiger partial charge in [0, 0.05) is 16.6 Å². The number of halogens is 2. The summed E-state index contributed by atoms with van der Waals surface area (Å²) < 4.78 is 24.2. The van der Waals surface area contributed by atoms with E-state index >= 15 is 0 Å². The molecule has 0 fully saturated rings. The van der Waals surface area contributed by atoms with Gasteiger partial charge in [-0.1, -0.05) is 25.6 Å². The Morgan fingerprint density at radius 3 is 2.12 bits per heavy atom. The molecule has 1 aromatic rings. The van der Waals surface area contributed by atoms with Gasteiger partial charge in [-0.2, -0.15) is 8.78 Å². The lowest BCUT2D eigenvalue weighted by Gasteiger charge is -2.16. The molecule has 0 saturated carbocycles. The van der Waals surface area contributed by atoms with Crippen LogP contribution in [0.15, 0.2) is 29.2 Å². The first-order chi connectivity index (χ1) is 7.65. The second-order valence-corrected chi connectivity index (χ2v) is 4.62. The molecular weight excluding hydrogens is 228 g/mol. The lowest BCUT2D eigenvalue weighted by atomic mass is 10.1. The zero-order valence-electron chi connectivity index (χ0n) is 9.54. The highest BCUT2D eigenvalue weighted by Crippen LogP contribution is 2.26. The second-order valence-electron chi connectivity index (χ2n) is 3.56. The summed E-state index contributed by atoms with van der Waals surface area (Å²) in [4.78, 5) is 0.602. The molecule has 1 aromatic carbocycles. The van der Waals surface area contributed by atoms with Gasteiger partial charge >= 0.3 is 0 Å². The van der Waals surface area contributed by atoms with Gasteiger partial charge in [0.25, 0.3) is 5.76 Å². The zero-order valence-corrected chi connectivity index (χ0v) is 10.4. The minimum Gasteiger partial charge on any atom is -0.382 e. The van der Waals surface area contributed by atoms with Crippen molar-refractivity contribution in [1.29, 1.82) is 0 Å². The van der Waals surface area contributed by atoms with Crippen LogP contribution in [-0.2, 0) is 0 Å². The summed E-state index contributed by atoms with van der Waals surface area (Å²) in [5.41, 5.74) is 0.993. The van der Waals surface area contributed by atoms with Crippen molar-refractivity contribution in [1.82, 2.24) is 0 Å². The van der Waals surface area contributed by atoms with E-state index in [0.29, 0.717) is 22.7 Å². The molecule has 16 heavy (non-hydrogen) atoms. The molecule has 0 aliphatic rings. The third-order valence-corrected chi connectivity index (χ3v) is 3.16. The van der Waals surface area contributed by atoms with Crippen LogP contribution in [0.25, 0.3) is 0 Å². The lowest BCUT2D eigenvalue weighted by Crippen LogP contribution is -2.16. The van der Waals surface area contributed by atoms with Gasteiger partial charge in [-0.3, -0.25) is 0 Å². The Bertz CT molecular complexity index is 296. The van der Waals surface area contributed by atoms with Crippen LogP contribution in [0.5, 0.6) is 0 Å². The number of nitrogens with one attached hydrogen (secondary N) is 1. The van der Waals surface area contributed by atoms with Gasteiger partial charge in [0.15, 0.2) is 0 Å². The van der Waals surface area contributed by atoms with E-state index in [1.807, 2.05) is 12.1 Å². The van der Waals surface area contributed by atoms with E-state index in [2.05, 4.69) is 19.2 Å². The Morgan fingerprint density at radius 1 is 1.12 bits per heavy atom. The summed E-state index contributed by atoms with van der Waals surface area (Å²) in [5, 5.41) is 3.36.